The van der Waals surface area contributed by atoms with Gasteiger partial charge in [-0.3, -0.25) is 0 Å². The number of likely N-dealkylation sites (tertiary alicyclic amines) is 1. The van der Waals surface area contributed by atoms with Gasteiger partial charge in [-0.05, 0) is 57.7 Å². The zero-order valence-corrected chi connectivity index (χ0v) is 14.5. The summed E-state index contributed by atoms with van der Waals surface area (Å²) in [4.78, 5) is 20.7. The molecule has 1 amide bonds. The Labute approximate surface area is 133 Å². The van der Waals surface area contributed by atoms with Gasteiger partial charge in [0.2, 0.25) is 0 Å². The normalized spacial score (nSPS) is 18.5. The second-order valence-electron chi connectivity index (χ2n) is 7.14. The van der Waals surface area contributed by atoms with Crippen LogP contribution in [0.25, 0.3) is 0 Å². The predicted octanol–water partition coefficient (Wildman–Crippen LogP) is 3.53. The van der Waals surface area contributed by atoms with Crippen LogP contribution >= 0.6 is 0 Å². The van der Waals surface area contributed by atoms with Crippen LogP contribution in [0.5, 0.6) is 0 Å². The number of pyridine rings is 1. The standard InChI is InChI=1S/C17H27N3O2/c1-12-10-13(11-18-15(12)19(5)6)14-8-7-9-20(14)16(21)22-17(2,3)4/h10-11,14H,7-9H2,1-6H3/t14-/m0/s1. The van der Waals surface area contributed by atoms with Gasteiger partial charge in [0.05, 0.1) is 6.04 Å². The Morgan fingerprint density at radius 1 is 1.41 bits per heavy atom. The number of ether oxygens (including phenoxy) is 1. The number of carbonyl (C=O) groups is 1. The lowest BCUT2D eigenvalue weighted by atomic mass is 10.0. The van der Waals surface area contributed by atoms with Crippen LogP contribution in [0.4, 0.5) is 10.6 Å². The second-order valence-corrected chi connectivity index (χ2v) is 7.14. The van der Waals surface area contributed by atoms with Crippen molar-refractivity contribution in [3.63, 3.8) is 0 Å². The van der Waals surface area contributed by atoms with Crippen molar-refractivity contribution in [3.05, 3.63) is 23.4 Å². The van der Waals surface area contributed by atoms with Gasteiger partial charge in [0.1, 0.15) is 11.4 Å². The molecule has 5 nitrogen and oxygen atoms in total. The van der Waals surface area contributed by atoms with E-state index in [2.05, 4.69) is 18.0 Å². The number of amides is 1. The van der Waals surface area contributed by atoms with Gasteiger partial charge in [-0.1, -0.05) is 0 Å². The Morgan fingerprint density at radius 2 is 2.09 bits per heavy atom. The molecule has 1 aromatic rings. The number of nitrogens with zero attached hydrogens (tertiary/aromatic N) is 3. The fourth-order valence-electron chi connectivity index (χ4n) is 2.89. The molecular weight excluding hydrogens is 278 g/mol. The highest BCUT2D eigenvalue weighted by Crippen LogP contribution is 2.34. The van der Waals surface area contributed by atoms with E-state index in [1.54, 1.807) is 0 Å². The van der Waals surface area contributed by atoms with Gasteiger partial charge in [0.25, 0.3) is 0 Å². The van der Waals surface area contributed by atoms with E-state index in [4.69, 9.17) is 4.74 Å². The SMILES string of the molecule is Cc1cc([C@@H]2CCCN2C(=O)OC(C)(C)C)cnc1N(C)C. The highest BCUT2D eigenvalue weighted by atomic mass is 16.6. The summed E-state index contributed by atoms with van der Waals surface area (Å²) >= 11 is 0. The Balaban J connectivity index is 2.20. The summed E-state index contributed by atoms with van der Waals surface area (Å²) in [6.07, 6.45) is 3.61. The van der Waals surface area contributed by atoms with Gasteiger partial charge in [0.15, 0.2) is 0 Å². The molecule has 0 spiro atoms. The molecule has 1 fully saturated rings. The lowest BCUT2D eigenvalue weighted by molar-refractivity contribution is 0.0224. The molecule has 1 aliphatic rings. The van der Waals surface area contributed by atoms with Crippen molar-refractivity contribution in [2.45, 2.75) is 52.2 Å². The maximum atomic E-state index is 12.4. The summed E-state index contributed by atoms with van der Waals surface area (Å²) in [6.45, 7) is 8.49. The number of anilines is 1. The first-order valence-corrected chi connectivity index (χ1v) is 7.82. The van der Waals surface area contributed by atoms with Crippen LogP contribution in [0.2, 0.25) is 0 Å². The van der Waals surface area contributed by atoms with Crippen molar-refractivity contribution in [3.8, 4) is 0 Å². The van der Waals surface area contributed by atoms with Crippen molar-refractivity contribution in [2.24, 2.45) is 0 Å². The van der Waals surface area contributed by atoms with Gasteiger partial charge in [-0.25, -0.2) is 9.78 Å². The van der Waals surface area contributed by atoms with Crippen LogP contribution in [0.3, 0.4) is 0 Å². The Bertz CT molecular complexity index is 549. The van der Waals surface area contributed by atoms with E-state index in [0.29, 0.717) is 0 Å². The minimum Gasteiger partial charge on any atom is -0.444 e. The number of hydrogen-bond acceptors (Lipinski definition) is 4. The molecule has 0 N–H and O–H groups in total. The second kappa shape index (κ2) is 6.15. The zero-order valence-electron chi connectivity index (χ0n) is 14.5. The van der Waals surface area contributed by atoms with Crippen molar-refractivity contribution in [1.82, 2.24) is 9.88 Å². The first kappa shape index (κ1) is 16.6. The third-order valence-corrected chi connectivity index (χ3v) is 3.76. The summed E-state index contributed by atoms with van der Waals surface area (Å²) in [6, 6.07) is 2.20. The number of aromatic nitrogens is 1. The van der Waals surface area contributed by atoms with Gasteiger partial charge in [-0.15, -0.1) is 0 Å². The predicted molar refractivity (Wildman–Crippen MR) is 88.2 cm³/mol. The molecule has 22 heavy (non-hydrogen) atoms. The van der Waals surface area contributed by atoms with Gasteiger partial charge in [0, 0.05) is 26.8 Å². The number of aryl methyl sites for hydroxylation is 1. The van der Waals surface area contributed by atoms with E-state index in [1.807, 2.05) is 50.9 Å². The topological polar surface area (TPSA) is 45.7 Å². The van der Waals surface area contributed by atoms with Gasteiger partial charge < -0.3 is 14.5 Å². The summed E-state index contributed by atoms with van der Waals surface area (Å²) < 4.78 is 5.52. The molecule has 0 aromatic carbocycles. The van der Waals surface area contributed by atoms with E-state index in [9.17, 15) is 4.79 Å². The molecule has 122 valence electrons. The van der Waals surface area contributed by atoms with Crippen molar-refractivity contribution in [1.29, 1.82) is 0 Å². The highest BCUT2D eigenvalue weighted by Gasteiger charge is 2.33. The Hall–Kier alpha value is -1.78. The molecular formula is C17H27N3O2. The third kappa shape index (κ3) is 3.70. The highest BCUT2D eigenvalue weighted by molar-refractivity contribution is 5.69. The summed E-state index contributed by atoms with van der Waals surface area (Å²) in [5.74, 6) is 0.963. The molecule has 0 aliphatic carbocycles. The van der Waals surface area contributed by atoms with Gasteiger partial charge in [-0.2, -0.15) is 0 Å². The van der Waals surface area contributed by atoms with E-state index in [-0.39, 0.29) is 12.1 Å². The first-order chi connectivity index (χ1) is 10.2. The van der Waals surface area contributed by atoms with Crippen molar-refractivity contribution < 1.29 is 9.53 Å². The molecule has 1 aliphatic heterocycles. The van der Waals surface area contributed by atoms with Crippen molar-refractivity contribution in [2.75, 3.05) is 25.5 Å². The summed E-state index contributed by atoms with van der Waals surface area (Å²) in [7, 11) is 3.97. The van der Waals surface area contributed by atoms with E-state index < -0.39 is 5.60 Å². The molecule has 0 bridgehead atoms. The lowest BCUT2D eigenvalue weighted by Crippen LogP contribution is -2.36. The molecule has 1 aromatic heterocycles. The number of carbonyl (C=O) groups excluding carboxylic acids is 1. The third-order valence-electron chi connectivity index (χ3n) is 3.76. The average molecular weight is 305 g/mol. The summed E-state index contributed by atoms with van der Waals surface area (Å²) in [5.41, 5.74) is 1.75. The molecule has 1 atom stereocenters. The lowest BCUT2D eigenvalue weighted by Gasteiger charge is -2.29. The fraction of sp³-hybridized carbons (Fsp3) is 0.647. The van der Waals surface area contributed by atoms with E-state index in [0.717, 1.165) is 36.3 Å². The maximum Gasteiger partial charge on any atom is 0.410 e. The van der Waals surface area contributed by atoms with Crippen LogP contribution < -0.4 is 4.90 Å². The minimum atomic E-state index is -0.465. The zero-order chi connectivity index (χ0) is 16.5. The van der Waals surface area contributed by atoms with Gasteiger partial charge >= 0.3 is 6.09 Å². The van der Waals surface area contributed by atoms with Crippen molar-refractivity contribution >= 4 is 11.9 Å². The minimum absolute atomic E-state index is 0.0669. The molecule has 2 rings (SSSR count). The molecule has 0 saturated carbocycles. The average Bonchev–Trinajstić information content (AvgIpc) is 2.85. The quantitative estimate of drug-likeness (QED) is 0.838. The number of hydrogen-bond donors (Lipinski definition) is 0. The van der Waals surface area contributed by atoms with Crippen LogP contribution in [0.15, 0.2) is 12.3 Å². The van der Waals surface area contributed by atoms with Crippen LogP contribution in [0.1, 0.15) is 50.8 Å². The van der Waals surface area contributed by atoms with E-state index in [1.165, 1.54) is 0 Å². The molecule has 5 heteroatoms. The summed E-state index contributed by atoms with van der Waals surface area (Å²) in [5, 5.41) is 0. The Kier molecular flexibility index (Phi) is 4.63. The monoisotopic (exact) mass is 305 g/mol. The number of rotatable bonds is 2. The van der Waals surface area contributed by atoms with E-state index >= 15 is 0 Å². The Morgan fingerprint density at radius 3 is 2.64 bits per heavy atom. The molecule has 2 heterocycles. The van der Waals surface area contributed by atoms with Crippen LogP contribution in [-0.4, -0.2) is 42.2 Å². The molecule has 0 unspecified atom stereocenters. The fourth-order valence-corrected chi connectivity index (χ4v) is 2.89. The largest absolute Gasteiger partial charge is 0.444 e. The molecule has 0 radical (unpaired) electrons. The van der Waals surface area contributed by atoms with Crippen LogP contribution in [0, 0.1) is 6.92 Å². The first-order valence-electron chi connectivity index (χ1n) is 7.82. The smallest absolute Gasteiger partial charge is 0.410 e. The molecule has 1 saturated heterocycles. The van der Waals surface area contributed by atoms with Crippen LogP contribution in [-0.2, 0) is 4.74 Å². The maximum absolute atomic E-state index is 12.4.